The molecule has 0 fully saturated rings. The lowest BCUT2D eigenvalue weighted by Crippen LogP contribution is -2.27. The fourth-order valence-electron chi connectivity index (χ4n) is 1.74. The number of hydrogen-bond donors (Lipinski definition) is 2. The van der Waals surface area contributed by atoms with Gasteiger partial charge in [-0.1, -0.05) is 34.6 Å². The van der Waals surface area contributed by atoms with Gasteiger partial charge in [0.25, 0.3) is 0 Å². The average Bonchev–Trinajstić information content (AvgIpc) is 2.63. The van der Waals surface area contributed by atoms with E-state index in [9.17, 15) is 9.90 Å². The summed E-state index contributed by atoms with van der Waals surface area (Å²) in [4.78, 5) is 15.5. The minimum absolute atomic E-state index is 0.0841. The molecule has 2 N–H and O–H groups in total. The van der Waals surface area contributed by atoms with Crippen LogP contribution in [-0.2, 0) is 10.2 Å². The molecule has 0 aliphatic heterocycles. The summed E-state index contributed by atoms with van der Waals surface area (Å²) in [6.07, 6.45) is -1.05. The first-order valence-electron chi connectivity index (χ1n) is 6.01. The molecule has 0 radical (unpaired) electrons. The number of thiazole rings is 1. The number of carboxylic acid groups (broad SMARTS) is 1. The van der Waals surface area contributed by atoms with Gasteiger partial charge in [0.15, 0.2) is 0 Å². The highest BCUT2D eigenvalue weighted by Gasteiger charge is 2.33. The Kier molecular flexibility index (Phi) is 4.50. The van der Waals surface area contributed by atoms with Crippen LogP contribution in [0.5, 0.6) is 0 Å². The topological polar surface area (TPSA) is 70.4 Å². The average molecular weight is 271 g/mol. The smallest absolute Gasteiger partial charge is 0.309 e. The van der Waals surface area contributed by atoms with Gasteiger partial charge in [0.1, 0.15) is 6.10 Å². The largest absolute Gasteiger partial charge is 0.481 e. The van der Waals surface area contributed by atoms with E-state index in [-0.39, 0.29) is 11.3 Å². The van der Waals surface area contributed by atoms with Crippen LogP contribution in [0.3, 0.4) is 0 Å². The fraction of sp³-hybridized carbons (Fsp3) is 0.692. The lowest BCUT2D eigenvalue weighted by Gasteiger charge is -2.21. The van der Waals surface area contributed by atoms with E-state index in [0.29, 0.717) is 5.69 Å². The number of aliphatic carboxylic acids is 1. The highest BCUT2D eigenvalue weighted by atomic mass is 32.1. The van der Waals surface area contributed by atoms with Crippen molar-refractivity contribution >= 4 is 17.3 Å². The third kappa shape index (κ3) is 3.29. The molecule has 18 heavy (non-hydrogen) atoms. The third-order valence-corrected chi connectivity index (χ3v) is 4.10. The van der Waals surface area contributed by atoms with Gasteiger partial charge in [0, 0.05) is 10.8 Å². The van der Waals surface area contributed by atoms with Crippen molar-refractivity contribution in [1.29, 1.82) is 0 Å². The first kappa shape index (κ1) is 15.1. The molecule has 2 atom stereocenters. The van der Waals surface area contributed by atoms with Gasteiger partial charge >= 0.3 is 5.97 Å². The molecule has 1 heterocycles. The molecule has 2 unspecified atom stereocenters. The zero-order valence-corrected chi connectivity index (χ0v) is 12.3. The molecule has 0 aromatic carbocycles. The number of aliphatic hydroxyl groups is 1. The summed E-state index contributed by atoms with van der Waals surface area (Å²) < 4.78 is 0. The summed E-state index contributed by atoms with van der Waals surface area (Å²) >= 11 is 1.46. The van der Waals surface area contributed by atoms with Crippen LogP contribution in [0, 0.1) is 11.8 Å². The Morgan fingerprint density at radius 3 is 2.28 bits per heavy atom. The van der Waals surface area contributed by atoms with Crippen molar-refractivity contribution in [2.45, 2.75) is 46.1 Å². The minimum Gasteiger partial charge on any atom is -0.481 e. The summed E-state index contributed by atoms with van der Waals surface area (Å²) in [6.45, 7) is 9.70. The van der Waals surface area contributed by atoms with Gasteiger partial charge in [-0.2, -0.15) is 0 Å². The van der Waals surface area contributed by atoms with Gasteiger partial charge in [-0.3, -0.25) is 4.79 Å². The Balaban J connectivity index is 3.00. The van der Waals surface area contributed by atoms with Crippen LogP contribution in [0.4, 0.5) is 0 Å². The molecule has 0 saturated heterocycles. The van der Waals surface area contributed by atoms with Gasteiger partial charge in [-0.15, -0.1) is 11.3 Å². The standard InChI is InChI=1S/C13H21NO3S/c1-7(2)9(11(16)17)10(15)8-6-18-12(14-8)13(3,4)5/h6-7,9-10,15H,1-5H3,(H,16,17). The van der Waals surface area contributed by atoms with E-state index in [1.807, 2.05) is 20.8 Å². The summed E-state index contributed by atoms with van der Waals surface area (Å²) in [5, 5.41) is 22.0. The molecule has 1 aromatic rings. The molecule has 0 aliphatic rings. The number of carboxylic acids is 1. The lowest BCUT2D eigenvalue weighted by molar-refractivity contribution is -0.148. The first-order valence-corrected chi connectivity index (χ1v) is 6.89. The van der Waals surface area contributed by atoms with Gasteiger partial charge < -0.3 is 10.2 Å². The molecule has 0 spiro atoms. The van der Waals surface area contributed by atoms with E-state index in [4.69, 9.17) is 5.11 Å². The third-order valence-electron chi connectivity index (χ3n) is 2.81. The van der Waals surface area contributed by atoms with Crippen molar-refractivity contribution in [2.75, 3.05) is 0 Å². The molecule has 0 amide bonds. The van der Waals surface area contributed by atoms with Crippen LogP contribution in [0.15, 0.2) is 5.38 Å². The van der Waals surface area contributed by atoms with E-state index < -0.39 is 18.0 Å². The molecular weight excluding hydrogens is 250 g/mol. The maximum atomic E-state index is 11.2. The highest BCUT2D eigenvalue weighted by Crippen LogP contribution is 2.32. The van der Waals surface area contributed by atoms with Gasteiger partial charge in [0.05, 0.1) is 16.6 Å². The number of rotatable bonds is 4. The van der Waals surface area contributed by atoms with Crippen molar-refractivity contribution in [3.8, 4) is 0 Å². The van der Waals surface area contributed by atoms with E-state index in [1.54, 1.807) is 19.2 Å². The Hall–Kier alpha value is -0.940. The minimum atomic E-state index is -1.05. The molecule has 4 nitrogen and oxygen atoms in total. The molecule has 5 heteroatoms. The molecule has 1 aromatic heterocycles. The molecule has 102 valence electrons. The monoisotopic (exact) mass is 271 g/mol. The number of nitrogens with zero attached hydrogens (tertiary/aromatic N) is 1. The fourth-order valence-corrected chi connectivity index (χ4v) is 2.67. The summed E-state index contributed by atoms with van der Waals surface area (Å²) in [5.74, 6) is -1.94. The van der Waals surface area contributed by atoms with Crippen LogP contribution < -0.4 is 0 Å². The van der Waals surface area contributed by atoms with Crippen LogP contribution in [0.1, 0.15) is 51.4 Å². The van der Waals surface area contributed by atoms with Crippen LogP contribution in [0.25, 0.3) is 0 Å². The van der Waals surface area contributed by atoms with E-state index in [1.165, 1.54) is 11.3 Å². The van der Waals surface area contributed by atoms with Crippen LogP contribution >= 0.6 is 11.3 Å². The molecule has 0 aliphatic carbocycles. The Morgan fingerprint density at radius 1 is 1.39 bits per heavy atom. The predicted octanol–water partition coefficient (Wildman–Crippen LogP) is 2.83. The second kappa shape index (κ2) is 5.36. The normalized spacial score (nSPS) is 15.7. The molecular formula is C13H21NO3S. The zero-order chi connectivity index (χ0) is 14.1. The van der Waals surface area contributed by atoms with Crippen molar-refractivity contribution in [3.05, 3.63) is 16.1 Å². The van der Waals surface area contributed by atoms with Gasteiger partial charge in [-0.25, -0.2) is 4.98 Å². The van der Waals surface area contributed by atoms with E-state index in [0.717, 1.165) is 5.01 Å². The van der Waals surface area contributed by atoms with Crippen molar-refractivity contribution < 1.29 is 15.0 Å². The molecule has 0 saturated carbocycles. The highest BCUT2D eigenvalue weighted by molar-refractivity contribution is 7.09. The summed E-state index contributed by atoms with van der Waals surface area (Å²) in [5.41, 5.74) is 0.380. The number of carbonyl (C=O) groups is 1. The molecule has 1 rings (SSSR count). The van der Waals surface area contributed by atoms with E-state index in [2.05, 4.69) is 4.98 Å². The quantitative estimate of drug-likeness (QED) is 0.883. The van der Waals surface area contributed by atoms with Gasteiger partial charge in [-0.05, 0) is 5.92 Å². The first-order chi connectivity index (χ1) is 8.14. The maximum Gasteiger partial charge on any atom is 0.309 e. The van der Waals surface area contributed by atoms with Crippen LogP contribution in [0.2, 0.25) is 0 Å². The summed E-state index contributed by atoms with van der Waals surface area (Å²) in [7, 11) is 0. The second-order valence-electron chi connectivity index (χ2n) is 5.88. The Morgan fingerprint density at radius 2 is 1.94 bits per heavy atom. The lowest BCUT2D eigenvalue weighted by atomic mass is 9.89. The Bertz CT molecular complexity index is 420. The number of aromatic nitrogens is 1. The Labute approximate surface area is 112 Å². The molecule has 0 bridgehead atoms. The van der Waals surface area contributed by atoms with Gasteiger partial charge in [0.2, 0.25) is 0 Å². The predicted molar refractivity (Wildman–Crippen MR) is 71.7 cm³/mol. The number of hydrogen-bond acceptors (Lipinski definition) is 4. The zero-order valence-electron chi connectivity index (χ0n) is 11.5. The maximum absolute atomic E-state index is 11.2. The van der Waals surface area contributed by atoms with E-state index >= 15 is 0 Å². The van der Waals surface area contributed by atoms with Crippen LogP contribution in [-0.4, -0.2) is 21.2 Å². The summed E-state index contributed by atoms with van der Waals surface area (Å²) in [6, 6.07) is 0. The number of aliphatic hydroxyl groups excluding tert-OH is 1. The van der Waals surface area contributed by atoms with Crippen molar-refractivity contribution in [3.63, 3.8) is 0 Å². The van der Waals surface area contributed by atoms with Crippen molar-refractivity contribution in [1.82, 2.24) is 4.98 Å². The second-order valence-corrected chi connectivity index (χ2v) is 6.74. The van der Waals surface area contributed by atoms with Crippen molar-refractivity contribution in [2.24, 2.45) is 11.8 Å². The SMILES string of the molecule is CC(C)C(C(=O)O)C(O)c1csc(C(C)(C)C)n1.